The maximum absolute atomic E-state index is 12.6. The molecule has 9 nitrogen and oxygen atoms in total. The number of esters is 1. The summed E-state index contributed by atoms with van der Waals surface area (Å²) in [5.41, 5.74) is 2.56. The number of hydrogen-bond acceptors (Lipinski definition) is 6. The molecule has 0 radical (unpaired) electrons. The predicted octanol–water partition coefficient (Wildman–Crippen LogP) is 2.62. The molecule has 2 aromatic heterocycles. The first-order chi connectivity index (χ1) is 15.3. The van der Waals surface area contributed by atoms with Crippen molar-refractivity contribution >= 4 is 23.5 Å². The van der Waals surface area contributed by atoms with E-state index in [1.54, 1.807) is 41.1 Å². The van der Waals surface area contributed by atoms with Crippen molar-refractivity contribution in [1.29, 1.82) is 0 Å². The molecule has 1 aromatic carbocycles. The fourth-order valence-electron chi connectivity index (χ4n) is 3.18. The van der Waals surface area contributed by atoms with E-state index in [2.05, 4.69) is 10.4 Å². The number of amides is 2. The number of carbonyl (C=O) groups is 3. The first-order valence-corrected chi connectivity index (χ1v) is 10.2. The Kier molecular flexibility index (Phi) is 7.43. The highest BCUT2D eigenvalue weighted by molar-refractivity contribution is 6.05. The molecule has 0 saturated carbocycles. The van der Waals surface area contributed by atoms with Gasteiger partial charge >= 0.3 is 5.97 Å². The standard InChI is InChI=1S/C23H26N4O5/c1-16-13-17(2)27(25-16)11-10-22(29)32-15-21(28)26(3)20-9-5-4-8-19(20)23(30)24-14-18-7-6-12-31-18/h4-9,12-13H,10-11,14-15H2,1-3H3,(H,24,30). The lowest BCUT2D eigenvalue weighted by atomic mass is 10.1. The van der Waals surface area contributed by atoms with Crippen LogP contribution in [0.1, 0.15) is 33.9 Å². The van der Waals surface area contributed by atoms with Gasteiger partial charge in [-0.2, -0.15) is 5.10 Å². The predicted molar refractivity (Wildman–Crippen MR) is 117 cm³/mol. The minimum Gasteiger partial charge on any atom is -0.467 e. The zero-order valence-corrected chi connectivity index (χ0v) is 18.3. The van der Waals surface area contributed by atoms with Crippen LogP contribution >= 0.6 is 0 Å². The number of likely N-dealkylation sites (N-methyl/N-ethyl adjacent to an activating group) is 1. The average molecular weight is 438 g/mol. The van der Waals surface area contributed by atoms with Crippen molar-refractivity contribution in [1.82, 2.24) is 15.1 Å². The van der Waals surface area contributed by atoms with Crippen molar-refractivity contribution in [2.75, 3.05) is 18.6 Å². The number of aryl methyl sites for hydroxylation is 3. The lowest BCUT2D eigenvalue weighted by Gasteiger charge is -2.20. The van der Waals surface area contributed by atoms with Gasteiger partial charge in [-0.1, -0.05) is 12.1 Å². The van der Waals surface area contributed by atoms with Gasteiger partial charge in [0.2, 0.25) is 0 Å². The van der Waals surface area contributed by atoms with E-state index in [1.165, 1.54) is 18.2 Å². The molecule has 2 amide bonds. The lowest BCUT2D eigenvalue weighted by Crippen LogP contribution is -2.33. The molecule has 0 atom stereocenters. The summed E-state index contributed by atoms with van der Waals surface area (Å²) in [4.78, 5) is 38.6. The largest absolute Gasteiger partial charge is 0.467 e. The Labute approximate surface area is 186 Å². The summed E-state index contributed by atoms with van der Waals surface area (Å²) in [7, 11) is 1.53. The van der Waals surface area contributed by atoms with Crippen LogP contribution < -0.4 is 10.2 Å². The zero-order valence-electron chi connectivity index (χ0n) is 18.3. The van der Waals surface area contributed by atoms with Crippen LogP contribution in [0.15, 0.2) is 53.1 Å². The number of nitrogens with one attached hydrogen (secondary N) is 1. The Morgan fingerprint density at radius 3 is 2.62 bits per heavy atom. The van der Waals surface area contributed by atoms with Crippen LogP contribution in [0.4, 0.5) is 5.69 Å². The summed E-state index contributed by atoms with van der Waals surface area (Å²) in [6, 6.07) is 12.1. The second kappa shape index (κ2) is 10.4. The van der Waals surface area contributed by atoms with Crippen molar-refractivity contribution in [3.8, 4) is 0 Å². The molecule has 0 bridgehead atoms. The molecule has 0 aliphatic heterocycles. The van der Waals surface area contributed by atoms with E-state index in [1.807, 2.05) is 19.9 Å². The SMILES string of the molecule is Cc1cc(C)n(CCC(=O)OCC(=O)N(C)c2ccccc2C(=O)NCc2ccco2)n1. The second-order valence-corrected chi connectivity index (χ2v) is 7.29. The van der Waals surface area contributed by atoms with E-state index >= 15 is 0 Å². The van der Waals surface area contributed by atoms with Crippen LogP contribution in [0, 0.1) is 13.8 Å². The molecule has 0 fully saturated rings. The zero-order chi connectivity index (χ0) is 23.1. The molecule has 9 heteroatoms. The second-order valence-electron chi connectivity index (χ2n) is 7.29. The van der Waals surface area contributed by atoms with E-state index in [9.17, 15) is 14.4 Å². The van der Waals surface area contributed by atoms with E-state index in [4.69, 9.17) is 9.15 Å². The number of nitrogens with zero attached hydrogens (tertiary/aromatic N) is 3. The maximum Gasteiger partial charge on any atom is 0.308 e. The Bertz CT molecular complexity index is 1090. The highest BCUT2D eigenvalue weighted by Crippen LogP contribution is 2.19. The molecular formula is C23H26N4O5. The number of benzene rings is 1. The summed E-state index contributed by atoms with van der Waals surface area (Å²) in [6.45, 7) is 3.97. The minimum atomic E-state index is -0.497. The molecule has 3 aromatic rings. The van der Waals surface area contributed by atoms with E-state index in [-0.39, 0.29) is 18.9 Å². The number of hydrogen-bond donors (Lipinski definition) is 1. The molecule has 0 aliphatic rings. The number of ether oxygens (including phenoxy) is 1. The molecule has 0 aliphatic carbocycles. The van der Waals surface area contributed by atoms with Crippen LogP contribution in [-0.4, -0.2) is 41.2 Å². The van der Waals surface area contributed by atoms with Crippen LogP contribution in [0.25, 0.3) is 0 Å². The third kappa shape index (κ3) is 5.84. The molecule has 168 valence electrons. The van der Waals surface area contributed by atoms with Gasteiger partial charge < -0.3 is 19.4 Å². The molecule has 3 rings (SSSR count). The lowest BCUT2D eigenvalue weighted by molar-refractivity contribution is -0.148. The van der Waals surface area contributed by atoms with E-state index in [0.29, 0.717) is 23.6 Å². The van der Waals surface area contributed by atoms with Gasteiger partial charge in [0.25, 0.3) is 11.8 Å². The van der Waals surface area contributed by atoms with Crippen molar-refractivity contribution in [3.05, 3.63) is 71.4 Å². The Hall–Kier alpha value is -3.88. The summed E-state index contributed by atoms with van der Waals surface area (Å²) in [6.07, 6.45) is 1.63. The van der Waals surface area contributed by atoms with Crippen LogP contribution in [0.2, 0.25) is 0 Å². The average Bonchev–Trinajstić information content (AvgIpc) is 3.42. The fourth-order valence-corrected chi connectivity index (χ4v) is 3.18. The van der Waals surface area contributed by atoms with Crippen molar-refractivity contribution in [2.24, 2.45) is 0 Å². The fraction of sp³-hybridized carbons (Fsp3) is 0.304. The third-order valence-corrected chi connectivity index (χ3v) is 4.88. The highest BCUT2D eigenvalue weighted by atomic mass is 16.5. The Balaban J connectivity index is 1.54. The van der Waals surface area contributed by atoms with E-state index < -0.39 is 18.5 Å². The third-order valence-electron chi connectivity index (χ3n) is 4.88. The Morgan fingerprint density at radius 1 is 1.16 bits per heavy atom. The first kappa shape index (κ1) is 22.8. The normalized spacial score (nSPS) is 10.6. The highest BCUT2D eigenvalue weighted by Gasteiger charge is 2.20. The van der Waals surface area contributed by atoms with Crippen molar-refractivity contribution in [2.45, 2.75) is 33.4 Å². The van der Waals surface area contributed by atoms with Gasteiger partial charge in [-0.3, -0.25) is 19.1 Å². The quantitative estimate of drug-likeness (QED) is 0.515. The smallest absolute Gasteiger partial charge is 0.308 e. The number of carbonyl (C=O) groups excluding carboxylic acids is 3. The summed E-state index contributed by atoms with van der Waals surface area (Å²) >= 11 is 0. The van der Waals surface area contributed by atoms with Crippen LogP contribution in [0.3, 0.4) is 0 Å². The molecule has 32 heavy (non-hydrogen) atoms. The number of aromatic nitrogens is 2. The van der Waals surface area contributed by atoms with Gasteiger partial charge in [-0.25, -0.2) is 0 Å². The number of para-hydroxylation sites is 1. The van der Waals surface area contributed by atoms with Crippen molar-refractivity contribution < 1.29 is 23.5 Å². The van der Waals surface area contributed by atoms with Crippen LogP contribution in [0.5, 0.6) is 0 Å². The van der Waals surface area contributed by atoms with Crippen molar-refractivity contribution in [3.63, 3.8) is 0 Å². The summed E-state index contributed by atoms with van der Waals surface area (Å²) in [5.74, 6) is -0.675. The summed E-state index contributed by atoms with van der Waals surface area (Å²) < 4.78 is 12.1. The van der Waals surface area contributed by atoms with Gasteiger partial charge in [0.15, 0.2) is 6.61 Å². The van der Waals surface area contributed by atoms with E-state index in [0.717, 1.165) is 11.4 Å². The van der Waals surface area contributed by atoms with Gasteiger partial charge in [0.1, 0.15) is 5.76 Å². The number of furan rings is 1. The maximum atomic E-state index is 12.6. The molecule has 2 heterocycles. The number of rotatable bonds is 9. The molecular weight excluding hydrogens is 412 g/mol. The first-order valence-electron chi connectivity index (χ1n) is 10.2. The van der Waals surface area contributed by atoms with Gasteiger partial charge in [0.05, 0.1) is 42.7 Å². The molecule has 0 unspecified atom stereocenters. The summed E-state index contributed by atoms with van der Waals surface area (Å²) in [5, 5.41) is 7.05. The van der Waals surface area contributed by atoms with Gasteiger partial charge in [-0.05, 0) is 44.2 Å². The minimum absolute atomic E-state index is 0.102. The number of anilines is 1. The Morgan fingerprint density at radius 2 is 1.94 bits per heavy atom. The van der Waals surface area contributed by atoms with Crippen LogP contribution in [-0.2, 0) is 27.4 Å². The molecule has 1 N–H and O–H groups in total. The van der Waals surface area contributed by atoms with Gasteiger partial charge in [-0.15, -0.1) is 0 Å². The molecule has 0 spiro atoms. The topological polar surface area (TPSA) is 107 Å². The van der Waals surface area contributed by atoms with Gasteiger partial charge in [0, 0.05) is 12.7 Å². The molecule has 0 saturated heterocycles. The monoisotopic (exact) mass is 438 g/mol.